The Hall–Kier alpha value is -0.540. The van der Waals surface area contributed by atoms with E-state index in [0.717, 1.165) is 22.8 Å². The minimum Gasteiger partial charge on any atom is -0.330 e. The first-order chi connectivity index (χ1) is 8.70. The fourth-order valence-corrected chi connectivity index (χ4v) is 4.23. The Kier molecular flexibility index (Phi) is 5.07. The van der Waals surface area contributed by atoms with Gasteiger partial charge in [-0.05, 0) is 43.4 Å². The van der Waals surface area contributed by atoms with Gasteiger partial charge in [-0.1, -0.05) is 31.9 Å². The van der Waals surface area contributed by atoms with Crippen LogP contribution in [0.4, 0.5) is 4.39 Å². The third-order valence-corrected chi connectivity index (χ3v) is 5.09. The second-order valence-electron chi connectivity index (χ2n) is 5.28. The Balaban J connectivity index is 2.11. The molecule has 2 unspecified atom stereocenters. The quantitative estimate of drug-likeness (QED) is 0.892. The largest absolute Gasteiger partial charge is 0.330 e. The van der Waals surface area contributed by atoms with Gasteiger partial charge in [-0.25, -0.2) is 4.39 Å². The van der Waals surface area contributed by atoms with E-state index >= 15 is 0 Å². The SMILES string of the molecule is CC1CCCC(Sc2c(F)cccc2CCN)C1. The number of hydrogen-bond acceptors (Lipinski definition) is 2. The van der Waals surface area contributed by atoms with Crippen molar-refractivity contribution in [1.29, 1.82) is 0 Å². The molecule has 0 aromatic heterocycles. The summed E-state index contributed by atoms with van der Waals surface area (Å²) in [4.78, 5) is 0.835. The first-order valence-electron chi connectivity index (χ1n) is 6.84. The van der Waals surface area contributed by atoms with Crippen LogP contribution in [0.1, 0.15) is 38.2 Å². The van der Waals surface area contributed by atoms with Gasteiger partial charge in [-0.15, -0.1) is 11.8 Å². The van der Waals surface area contributed by atoms with Crippen LogP contribution in [0.3, 0.4) is 0 Å². The van der Waals surface area contributed by atoms with Crippen molar-refractivity contribution in [2.45, 2.75) is 49.2 Å². The van der Waals surface area contributed by atoms with Crippen LogP contribution in [0.2, 0.25) is 0 Å². The van der Waals surface area contributed by atoms with Gasteiger partial charge < -0.3 is 5.73 Å². The second-order valence-corrected chi connectivity index (χ2v) is 6.59. The Morgan fingerprint density at radius 2 is 2.22 bits per heavy atom. The highest BCUT2D eigenvalue weighted by Gasteiger charge is 2.22. The van der Waals surface area contributed by atoms with E-state index in [9.17, 15) is 4.39 Å². The van der Waals surface area contributed by atoms with E-state index in [2.05, 4.69) is 6.92 Å². The molecule has 1 fully saturated rings. The van der Waals surface area contributed by atoms with E-state index < -0.39 is 0 Å². The molecule has 100 valence electrons. The minimum absolute atomic E-state index is 0.0795. The first-order valence-corrected chi connectivity index (χ1v) is 7.72. The Labute approximate surface area is 113 Å². The zero-order valence-corrected chi connectivity index (χ0v) is 11.8. The summed E-state index contributed by atoms with van der Waals surface area (Å²) in [6.45, 7) is 2.88. The Morgan fingerprint density at radius 3 is 2.94 bits per heavy atom. The minimum atomic E-state index is -0.0795. The van der Waals surface area contributed by atoms with Crippen LogP contribution in [0.25, 0.3) is 0 Å². The molecule has 2 atom stereocenters. The molecule has 0 spiro atoms. The first kappa shape index (κ1) is 13.9. The number of nitrogens with two attached hydrogens (primary N) is 1. The second kappa shape index (κ2) is 6.58. The lowest BCUT2D eigenvalue weighted by Gasteiger charge is -2.27. The number of thioether (sulfide) groups is 1. The van der Waals surface area contributed by atoms with Crippen LogP contribution in [0.15, 0.2) is 23.1 Å². The third-order valence-electron chi connectivity index (χ3n) is 3.64. The average molecular weight is 267 g/mol. The van der Waals surface area contributed by atoms with Gasteiger partial charge in [0.05, 0.1) is 0 Å². The lowest BCUT2D eigenvalue weighted by atomic mass is 9.91. The maximum absolute atomic E-state index is 14.0. The van der Waals surface area contributed by atoms with E-state index in [4.69, 9.17) is 5.73 Å². The Morgan fingerprint density at radius 1 is 1.39 bits per heavy atom. The van der Waals surface area contributed by atoms with Gasteiger partial charge in [-0.2, -0.15) is 0 Å². The maximum Gasteiger partial charge on any atom is 0.137 e. The summed E-state index contributed by atoms with van der Waals surface area (Å²) in [5.41, 5.74) is 6.67. The van der Waals surface area contributed by atoms with Crippen LogP contribution in [0, 0.1) is 11.7 Å². The fraction of sp³-hybridized carbons (Fsp3) is 0.600. The summed E-state index contributed by atoms with van der Waals surface area (Å²) >= 11 is 1.73. The molecule has 2 rings (SSSR count). The molecule has 1 saturated carbocycles. The van der Waals surface area contributed by atoms with E-state index in [1.54, 1.807) is 23.9 Å². The number of benzene rings is 1. The standard InChI is InChI=1S/C15H22FNS/c1-11-4-2-6-13(10-11)18-15-12(8-9-17)5-3-7-14(15)16/h3,5,7,11,13H,2,4,6,8-10,17H2,1H3. The molecule has 1 nitrogen and oxygen atoms in total. The van der Waals surface area contributed by atoms with Gasteiger partial charge in [0.25, 0.3) is 0 Å². The van der Waals surface area contributed by atoms with Crippen molar-refractivity contribution in [3.8, 4) is 0 Å². The lowest BCUT2D eigenvalue weighted by Crippen LogP contribution is -2.15. The van der Waals surface area contributed by atoms with Crippen LogP contribution in [-0.2, 0) is 6.42 Å². The van der Waals surface area contributed by atoms with Gasteiger partial charge in [0.1, 0.15) is 5.82 Å². The van der Waals surface area contributed by atoms with Crippen LogP contribution in [0.5, 0.6) is 0 Å². The lowest BCUT2D eigenvalue weighted by molar-refractivity contribution is 0.394. The average Bonchev–Trinajstić information content (AvgIpc) is 2.34. The Bertz CT molecular complexity index is 394. The molecular formula is C15H22FNS. The molecule has 0 aliphatic heterocycles. The summed E-state index contributed by atoms with van der Waals surface area (Å²) in [6.07, 6.45) is 5.79. The summed E-state index contributed by atoms with van der Waals surface area (Å²) in [5, 5.41) is 0.571. The predicted octanol–water partition coefficient (Wildman–Crippen LogP) is 4.00. The van der Waals surface area contributed by atoms with Gasteiger partial charge in [0.2, 0.25) is 0 Å². The van der Waals surface area contributed by atoms with Crippen molar-refractivity contribution in [3.05, 3.63) is 29.6 Å². The number of hydrogen-bond donors (Lipinski definition) is 1. The van der Waals surface area contributed by atoms with Crippen molar-refractivity contribution in [2.75, 3.05) is 6.54 Å². The maximum atomic E-state index is 14.0. The van der Waals surface area contributed by atoms with Crippen LogP contribution < -0.4 is 5.73 Å². The highest BCUT2D eigenvalue weighted by Crippen LogP contribution is 2.38. The molecule has 0 heterocycles. The molecular weight excluding hydrogens is 245 g/mol. The third kappa shape index (κ3) is 3.48. The predicted molar refractivity (Wildman–Crippen MR) is 76.4 cm³/mol. The molecule has 3 heteroatoms. The van der Waals surface area contributed by atoms with Crippen molar-refractivity contribution < 1.29 is 4.39 Å². The van der Waals surface area contributed by atoms with Crippen LogP contribution in [-0.4, -0.2) is 11.8 Å². The monoisotopic (exact) mass is 267 g/mol. The molecule has 1 aromatic rings. The number of rotatable bonds is 4. The zero-order valence-electron chi connectivity index (χ0n) is 11.0. The molecule has 0 radical (unpaired) electrons. The molecule has 1 aliphatic rings. The zero-order chi connectivity index (χ0) is 13.0. The molecule has 1 aromatic carbocycles. The summed E-state index contributed by atoms with van der Waals surface area (Å²) in [5.74, 6) is 0.699. The van der Waals surface area contributed by atoms with Gasteiger partial charge >= 0.3 is 0 Å². The summed E-state index contributed by atoms with van der Waals surface area (Å²) in [6, 6.07) is 5.35. The van der Waals surface area contributed by atoms with Crippen molar-refractivity contribution in [3.63, 3.8) is 0 Å². The van der Waals surface area contributed by atoms with Gasteiger partial charge in [-0.3, -0.25) is 0 Å². The highest BCUT2D eigenvalue weighted by molar-refractivity contribution is 8.00. The van der Waals surface area contributed by atoms with E-state index in [1.807, 2.05) is 6.07 Å². The molecule has 2 N–H and O–H groups in total. The highest BCUT2D eigenvalue weighted by atomic mass is 32.2. The molecule has 0 amide bonds. The molecule has 0 saturated heterocycles. The van der Waals surface area contributed by atoms with Crippen molar-refractivity contribution in [1.82, 2.24) is 0 Å². The summed E-state index contributed by atoms with van der Waals surface area (Å²) < 4.78 is 14.0. The number of halogens is 1. The van der Waals surface area contributed by atoms with Crippen molar-refractivity contribution >= 4 is 11.8 Å². The van der Waals surface area contributed by atoms with Gasteiger partial charge in [0, 0.05) is 10.1 Å². The smallest absolute Gasteiger partial charge is 0.137 e. The normalized spacial score (nSPS) is 24.2. The molecule has 0 bridgehead atoms. The summed E-state index contributed by atoms with van der Waals surface area (Å²) in [7, 11) is 0. The van der Waals surface area contributed by atoms with Crippen molar-refractivity contribution in [2.24, 2.45) is 11.7 Å². The molecule has 1 aliphatic carbocycles. The van der Waals surface area contributed by atoms with E-state index in [-0.39, 0.29) is 5.82 Å². The fourth-order valence-electron chi connectivity index (χ4n) is 2.69. The van der Waals surface area contributed by atoms with E-state index in [0.29, 0.717) is 11.8 Å². The molecule has 18 heavy (non-hydrogen) atoms. The van der Waals surface area contributed by atoms with E-state index in [1.165, 1.54) is 25.7 Å². The van der Waals surface area contributed by atoms with Gasteiger partial charge in [0.15, 0.2) is 0 Å². The topological polar surface area (TPSA) is 26.0 Å². The van der Waals surface area contributed by atoms with Crippen LogP contribution >= 0.6 is 11.8 Å².